The van der Waals surface area contributed by atoms with Gasteiger partial charge in [0, 0.05) is 17.3 Å². The van der Waals surface area contributed by atoms with E-state index in [1.807, 2.05) is 0 Å². The predicted molar refractivity (Wildman–Crippen MR) is 94.1 cm³/mol. The topological polar surface area (TPSA) is 84.3 Å². The van der Waals surface area contributed by atoms with Crippen molar-refractivity contribution in [3.05, 3.63) is 63.7 Å². The highest BCUT2D eigenvalue weighted by molar-refractivity contribution is 7.80. The molecule has 2 aromatic carbocycles. The number of nitro groups is 1. The number of Topliss-reactive ketones (excluding diaryl/α,β-unsaturated/α-hetero) is 1. The van der Waals surface area contributed by atoms with Crippen molar-refractivity contribution in [3.63, 3.8) is 0 Å². The minimum Gasteiger partial charge on any atom is -0.332 e. The van der Waals surface area contributed by atoms with Gasteiger partial charge in [-0.25, -0.2) is 0 Å². The lowest BCUT2D eigenvalue weighted by atomic mass is 10.1. The molecule has 0 unspecified atom stereocenters. The molecule has 0 heterocycles. The van der Waals surface area contributed by atoms with Crippen molar-refractivity contribution in [2.75, 3.05) is 10.6 Å². The molecule has 0 atom stereocenters. The van der Waals surface area contributed by atoms with Crippen molar-refractivity contribution < 1.29 is 9.72 Å². The van der Waals surface area contributed by atoms with E-state index in [1.165, 1.54) is 13.0 Å². The van der Waals surface area contributed by atoms with E-state index < -0.39 is 4.92 Å². The molecule has 6 nitrogen and oxygen atoms in total. The number of nitrogens with zero attached hydrogens (tertiary/aromatic N) is 1. The summed E-state index contributed by atoms with van der Waals surface area (Å²) >= 11 is 5.18. The number of benzene rings is 2. The minimum atomic E-state index is -0.464. The highest BCUT2D eigenvalue weighted by atomic mass is 32.1. The summed E-state index contributed by atoms with van der Waals surface area (Å²) in [7, 11) is 0. The molecule has 2 aromatic rings. The van der Waals surface area contributed by atoms with Gasteiger partial charge in [-0.05, 0) is 49.8 Å². The standard InChI is InChI=1S/C16H15N3O3S/c1-10-6-7-14(15(8-10)19(21)22)18-16(23)17-13-5-3-4-12(9-13)11(2)20/h3-9H,1-2H3,(H2,17,18,23). The van der Waals surface area contributed by atoms with Crippen LogP contribution in [0.3, 0.4) is 0 Å². The molecule has 0 bridgehead atoms. The Balaban J connectivity index is 2.16. The zero-order chi connectivity index (χ0) is 17.0. The van der Waals surface area contributed by atoms with Crippen LogP contribution in [0.4, 0.5) is 17.1 Å². The minimum absolute atomic E-state index is 0.0494. The Kier molecular flexibility index (Phi) is 5.02. The first-order valence-corrected chi connectivity index (χ1v) is 7.21. The zero-order valence-electron chi connectivity index (χ0n) is 12.6. The fourth-order valence-electron chi connectivity index (χ4n) is 2.00. The number of anilines is 2. The van der Waals surface area contributed by atoms with E-state index in [-0.39, 0.29) is 16.6 Å². The molecule has 0 aliphatic carbocycles. The maximum atomic E-state index is 11.4. The predicted octanol–water partition coefficient (Wildman–Crippen LogP) is 3.91. The summed E-state index contributed by atoms with van der Waals surface area (Å²) < 4.78 is 0. The van der Waals surface area contributed by atoms with Gasteiger partial charge in [-0.15, -0.1) is 0 Å². The van der Waals surface area contributed by atoms with Gasteiger partial charge < -0.3 is 10.6 Å². The van der Waals surface area contributed by atoms with Gasteiger partial charge >= 0.3 is 0 Å². The van der Waals surface area contributed by atoms with E-state index in [0.717, 1.165) is 5.56 Å². The first kappa shape index (κ1) is 16.6. The molecule has 0 fully saturated rings. The van der Waals surface area contributed by atoms with Crippen LogP contribution >= 0.6 is 12.2 Å². The third kappa shape index (κ3) is 4.33. The Morgan fingerprint density at radius 2 is 1.91 bits per heavy atom. The monoisotopic (exact) mass is 329 g/mol. The second kappa shape index (κ2) is 6.97. The van der Waals surface area contributed by atoms with Crippen LogP contribution in [0.15, 0.2) is 42.5 Å². The number of nitrogens with one attached hydrogen (secondary N) is 2. The zero-order valence-corrected chi connectivity index (χ0v) is 13.4. The first-order chi connectivity index (χ1) is 10.9. The Labute approximate surface area is 138 Å². The fourth-order valence-corrected chi connectivity index (χ4v) is 2.23. The van der Waals surface area contributed by atoms with Gasteiger partial charge in [0.1, 0.15) is 5.69 Å². The second-order valence-electron chi connectivity index (χ2n) is 4.99. The highest BCUT2D eigenvalue weighted by Crippen LogP contribution is 2.25. The number of nitro benzene ring substituents is 1. The van der Waals surface area contributed by atoms with Crippen LogP contribution in [0, 0.1) is 17.0 Å². The van der Waals surface area contributed by atoms with E-state index in [4.69, 9.17) is 12.2 Å². The summed E-state index contributed by atoms with van der Waals surface area (Å²) in [5, 5.41) is 17.0. The number of thiocarbonyl (C=S) groups is 1. The number of rotatable bonds is 4. The van der Waals surface area contributed by atoms with Gasteiger partial charge in [0.2, 0.25) is 0 Å². The number of ketones is 1. The molecule has 0 saturated carbocycles. The third-order valence-electron chi connectivity index (χ3n) is 3.13. The number of hydrogen-bond donors (Lipinski definition) is 2. The average molecular weight is 329 g/mol. The van der Waals surface area contributed by atoms with Crippen LogP contribution in [0.5, 0.6) is 0 Å². The van der Waals surface area contributed by atoms with E-state index in [2.05, 4.69) is 10.6 Å². The molecule has 0 amide bonds. The van der Waals surface area contributed by atoms with Gasteiger partial charge in [-0.1, -0.05) is 18.2 Å². The van der Waals surface area contributed by atoms with Gasteiger partial charge in [0.15, 0.2) is 10.9 Å². The van der Waals surface area contributed by atoms with E-state index in [0.29, 0.717) is 16.9 Å². The molecule has 0 aliphatic heterocycles. The van der Waals surface area contributed by atoms with Crippen LogP contribution < -0.4 is 10.6 Å². The quantitative estimate of drug-likeness (QED) is 0.383. The molecular weight excluding hydrogens is 314 g/mol. The molecule has 0 spiro atoms. The number of carbonyl (C=O) groups excluding carboxylic acids is 1. The Bertz CT molecular complexity index is 790. The van der Waals surface area contributed by atoms with E-state index in [1.54, 1.807) is 43.3 Å². The largest absolute Gasteiger partial charge is 0.332 e. The molecule has 0 radical (unpaired) electrons. The Morgan fingerprint density at radius 3 is 2.57 bits per heavy atom. The van der Waals surface area contributed by atoms with Crippen molar-refractivity contribution >= 4 is 40.2 Å². The van der Waals surface area contributed by atoms with Crippen LogP contribution in [0.2, 0.25) is 0 Å². The summed E-state index contributed by atoms with van der Waals surface area (Å²) in [6.45, 7) is 3.26. The first-order valence-electron chi connectivity index (χ1n) is 6.81. The molecule has 23 heavy (non-hydrogen) atoms. The van der Waals surface area contributed by atoms with Gasteiger partial charge in [-0.2, -0.15) is 0 Å². The Morgan fingerprint density at radius 1 is 1.17 bits per heavy atom. The summed E-state index contributed by atoms with van der Waals surface area (Å²) in [6.07, 6.45) is 0. The third-order valence-corrected chi connectivity index (χ3v) is 3.33. The van der Waals surface area contributed by atoms with Crippen LogP contribution in [0.25, 0.3) is 0 Å². The van der Waals surface area contributed by atoms with E-state index >= 15 is 0 Å². The van der Waals surface area contributed by atoms with Crippen molar-refractivity contribution in [2.45, 2.75) is 13.8 Å². The smallest absolute Gasteiger partial charge is 0.292 e. The van der Waals surface area contributed by atoms with Crippen LogP contribution in [0.1, 0.15) is 22.8 Å². The highest BCUT2D eigenvalue weighted by Gasteiger charge is 2.14. The maximum Gasteiger partial charge on any atom is 0.292 e. The van der Waals surface area contributed by atoms with Gasteiger partial charge in [0.25, 0.3) is 5.69 Å². The SMILES string of the molecule is CC(=O)c1cccc(NC(=S)Nc2ccc(C)cc2[N+](=O)[O-])c1. The maximum absolute atomic E-state index is 11.4. The normalized spacial score (nSPS) is 10.0. The van der Waals surface area contributed by atoms with Crippen molar-refractivity contribution in [2.24, 2.45) is 0 Å². The van der Waals surface area contributed by atoms with Crippen molar-refractivity contribution in [1.82, 2.24) is 0 Å². The summed E-state index contributed by atoms with van der Waals surface area (Å²) in [5.41, 5.74) is 2.23. The molecule has 0 aliphatic rings. The molecule has 7 heteroatoms. The molecule has 118 valence electrons. The number of carbonyl (C=O) groups is 1. The molecule has 0 saturated heterocycles. The Hall–Kier alpha value is -2.80. The molecule has 0 aromatic heterocycles. The molecule has 2 rings (SSSR count). The summed E-state index contributed by atoms with van der Waals surface area (Å²) in [4.78, 5) is 22.0. The van der Waals surface area contributed by atoms with Crippen molar-refractivity contribution in [3.8, 4) is 0 Å². The lowest BCUT2D eigenvalue weighted by molar-refractivity contribution is -0.383. The average Bonchev–Trinajstić information content (AvgIpc) is 2.49. The summed E-state index contributed by atoms with van der Waals surface area (Å²) in [5.74, 6) is -0.0540. The lowest BCUT2D eigenvalue weighted by Crippen LogP contribution is -2.20. The van der Waals surface area contributed by atoms with Crippen molar-refractivity contribution in [1.29, 1.82) is 0 Å². The molecular formula is C16H15N3O3S. The molecule has 2 N–H and O–H groups in total. The van der Waals surface area contributed by atoms with Gasteiger partial charge in [0.05, 0.1) is 4.92 Å². The second-order valence-corrected chi connectivity index (χ2v) is 5.40. The van der Waals surface area contributed by atoms with E-state index in [9.17, 15) is 14.9 Å². The lowest BCUT2D eigenvalue weighted by Gasteiger charge is -2.11. The van der Waals surface area contributed by atoms with Crippen LogP contribution in [-0.2, 0) is 0 Å². The summed E-state index contributed by atoms with van der Waals surface area (Å²) in [6, 6.07) is 11.7. The van der Waals surface area contributed by atoms with Gasteiger partial charge in [-0.3, -0.25) is 14.9 Å². The fraction of sp³-hybridized carbons (Fsp3) is 0.125. The number of hydrogen-bond acceptors (Lipinski definition) is 4. The number of aryl methyl sites for hydroxylation is 1. The van der Waals surface area contributed by atoms with Crippen LogP contribution in [-0.4, -0.2) is 15.8 Å².